The molecule has 0 saturated carbocycles. The van der Waals surface area contributed by atoms with Crippen molar-refractivity contribution in [3.63, 3.8) is 0 Å². The standard InChI is InChI=1S/C46H66N2O8/c1-43(2,3)33-23-31(41(49)35(25-33)45(7,8)9)29-47-37-27-39-40(56-22-20-54-18-16-52-14-13-51-15-17-53-19-21-55-39)28-38(37)48-30-32-24-34(44(4,5)6)26-36(42(32)50)46(10,11)12/h23-30,49-50H,13-22H2,1-12H3. The second-order valence-electron chi connectivity index (χ2n) is 18.4. The summed E-state index contributed by atoms with van der Waals surface area (Å²) in [4.78, 5) is 9.91. The van der Waals surface area contributed by atoms with Gasteiger partial charge in [0, 0.05) is 46.8 Å². The molecular formula is C46H66N2O8. The fourth-order valence-electron chi connectivity index (χ4n) is 5.95. The van der Waals surface area contributed by atoms with Gasteiger partial charge < -0.3 is 38.6 Å². The Labute approximate surface area is 335 Å². The molecule has 0 saturated heterocycles. The van der Waals surface area contributed by atoms with Crippen molar-refractivity contribution in [2.24, 2.45) is 9.98 Å². The molecule has 308 valence electrons. The van der Waals surface area contributed by atoms with E-state index in [0.29, 0.717) is 86.9 Å². The average molecular weight is 775 g/mol. The lowest BCUT2D eigenvalue weighted by molar-refractivity contribution is -0.00841. The molecule has 0 fully saturated rings. The molecule has 10 nitrogen and oxygen atoms in total. The number of ether oxygens (including phenoxy) is 6. The third kappa shape index (κ3) is 12.8. The first-order valence-electron chi connectivity index (χ1n) is 19.7. The summed E-state index contributed by atoms with van der Waals surface area (Å²) in [6.45, 7) is 29.4. The van der Waals surface area contributed by atoms with E-state index >= 15 is 0 Å². The Balaban J connectivity index is 1.87. The van der Waals surface area contributed by atoms with Gasteiger partial charge in [-0.2, -0.15) is 0 Å². The first-order chi connectivity index (χ1) is 26.2. The highest BCUT2D eigenvalue weighted by Gasteiger charge is 2.26. The number of aliphatic imine (C=N–C) groups is 2. The summed E-state index contributed by atoms with van der Waals surface area (Å²) in [5, 5.41) is 23.1. The molecule has 0 aromatic heterocycles. The summed E-state index contributed by atoms with van der Waals surface area (Å²) >= 11 is 0. The van der Waals surface area contributed by atoms with Crippen LogP contribution in [0.1, 0.15) is 116 Å². The summed E-state index contributed by atoms with van der Waals surface area (Å²) in [5.74, 6) is 1.27. The van der Waals surface area contributed by atoms with E-state index in [9.17, 15) is 10.2 Å². The second kappa shape index (κ2) is 19.0. The van der Waals surface area contributed by atoms with Crippen LogP contribution in [-0.4, -0.2) is 88.7 Å². The van der Waals surface area contributed by atoms with Gasteiger partial charge >= 0.3 is 0 Å². The van der Waals surface area contributed by atoms with Gasteiger partial charge in [-0.05, 0) is 44.9 Å². The molecule has 0 amide bonds. The van der Waals surface area contributed by atoms with Gasteiger partial charge in [0.05, 0.1) is 64.2 Å². The van der Waals surface area contributed by atoms with Crippen LogP contribution in [0.25, 0.3) is 0 Å². The van der Waals surface area contributed by atoms with Crippen LogP contribution in [-0.2, 0) is 40.6 Å². The van der Waals surface area contributed by atoms with Crippen molar-refractivity contribution in [3.05, 3.63) is 69.8 Å². The number of nitrogens with zero attached hydrogens (tertiary/aromatic N) is 2. The van der Waals surface area contributed by atoms with Crippen molar-refractivity contribution in [1.82, 2.24) is 0 Å². The van der Waals surface area contributed by atoms with Gasteiger partial charge in [-0.25, -0.2) is 0 Å². The molecule has 1 heterocycles. The van der Waals surface area contributed by atoms with E-state index in [4.69, 9.17) is 38.4 Å². The van der Waals surface area contributed by atoms with Crippen LogP contribution >= 0.6 is 0 Å². The molecule has 2 N–H and O–H groups in total. The van der Waals surface area contributed by atoms with Gasteiger partial charge in [0.25, 0.3) is 0 Å². The Morgan fingerprint density at radius 2 is 0.732 bits per heavy atom. The summed E-state index contributed by atoms with van der Waals surface area (Å²) < 4.78 is 35.2. The van der Waals surface area contributed by atoms with Crippen LogP contribution in [0.5, 0.6) is 23.0 Å². The number of hydrogen-bond acceptors (Lipinski definition) is 10. The minimum absolute atomic E-state index is 0.164. The zero-order valence-electron chi connectivity index (χ0n) is 35.9. The molecule has 0 atom stereocenters. The van der Waals surface area contributed by atoms with Crippen LogP contribution < -0.4 is 9.47 Å². The van der Waals surface area contributed by atoms with Crippen LogP contribution in [0.3, 0.4) is 0 Å². The largest absolute Gasteiger partial charge is 0.507 e. The van der Waals surface area contributed by atoms with Gasteiger partial charge in [-0.15, -0.1) is 0 Å². The molecule has 0 aliphatic carbocycles. The molecule has 1 aliphatic rings. The number of benzene rings is 3. The zero-order valence-corrected chi connectivity index (χ0v) is 35.9. The molecule has 0 bridgehead atoms. The number of fused-ring (bicyclic) bond motifs is 1. The quantitative estimate of drug-likeness (QED) is 0.252. The minimum atomic E-state index is -0.305. The summed E-state index contributed by atoms with van der Waals surface area (Å²) in [5.41, 5.74) is 5.06. The lowest BCUT2D eigenvalue weighted by Gasteiger charge is -2.27. The van der Waals surface area contributed by atoms with Crippen molar-refractivity contribution >= 4 is 23.8 Å². The predicted octanol–water partition coefficient (Wildman–Crippen LogP) is 9.63. The second-order valence-corrected chi connectivity index (χ2v) is 18.4. The fraction of sp³-hybridized carbons (Fsp3) is 0.565. The van der Waals surface area contributed by atoms with Crippen molar-refractivity contribution < 1.29 is 38.6 Å². The van der Waals surface area contributed by atoms with Gasteiger partial charge in [0.15, 0.2) is 11.5 Å². The first kappa shape index (κ1) is 44.8. The van der Waals surface area contributed by atoms with Crippen LogP contribution in [0.4, 0.5) is 11.4 Å². The number of phenols is 2. The molecule has 56 heavy (non-hydrogen) atoms. The van der Waals surface area contributed by atoms with Gasteiger partial charge in [-0.1, -0.05) is 95.2 Å². The highest BCUT2D eigenvalue weighted by molar-refractivity contribution is 5.91. The Bertz CT molecular complexity index is 1690. The third-order valence-corrected chi connectivity index (χ3v) is 9.44. The van der Waals surface area contributed by atoms with Gasteiger partial charge in [0.1, 0.15) is 24.7 Å². The number of hydrogen-bond donors (Lipinski definition) is 2. The third-order valence-electron chi connectivity index (χ3n) is 9.44. The molecule has 0 unspecified atom stereocenters. The molecule has 10 heteroatoms. The van der Waals surface area contributed by atoms with Gasteiger partial charge in [-0.3, -0.25) is 9.98 Å². The Hall–Kier alpha value is -3.96. The summed E-state index contributed by atoms with van der Waals surface area (Å²) in [6, 6.07) is 11.7. The smallest absolute Gasteiger partial charge is 0.163 e. The minimum Gasteiger partial charge on any atom is -0.507 e. The first-order valence-corrected chi connectivity index (χ1v) is 19.7. The lowest BCUT2D eigenvalue weighted by atomic mass is 9.79. The van der Waals surface area contributed by atoms with E-state index in [0.717, 1.165) is 22.3 Å². The van der Waals surface area contributed by atoms with Crippen LogP contribution in [0.15, 0.2) is 46.4 Å². The van der Waals surface area contributed by atoms with E-state index < -0.39 is 0 Å². The number of rotatable bonds is 4. The number of aromatic hydroxyl groups is 2. The lowest BCUT2D eigenvalue weighted by Crippen LogP contribution is -2.17. The Morgan fingerprint density at radius 3 is 1.02 bits per heavy atom. The van der Waals surface area contributed by atoms with Gasteiger partial charge in [0.2, 0.25) is 0 Å². The monoisotopic (exact) mass is 774 g/mol. The summed E-state index contributed by atoms with van der Waals surface area (Å²) in [6.07, 6.45) is 3.36. The molecule has 1 aliphatic heterocycles. The number of phenolic OH excluding ortho intramolecular Hbond substituents is 2. The topological polar surface area (TPSA) is 121 Å². The van der Waals surface area contributed by atoms with Crippen molar-refractivity contribution in [1.29, 1.82) is 0 Å². The highest BCUT2D eigenvalue weighted by atomic mass is 16.6. The maximum atomic E-state index is 11.6. The van der Waals surface area contributed by atoms with E-state index in [1.165, 1.54) is 0 Å². The predicted molar refractivity (Wildman–Crippen MR) is 226 cm³/mol. The average Bonchev–Trinajstić information content (AvgIpc) is 3.08. The zero-order chi connectivity index (χ0) is 41.3. The summed E-state index contributed by atoms with van der Waals surface area (Å²) in [7, 11) is 0. The SMILES string of the molecule is CC(C)(C)c1cc(C=Nc2cc3c(cc2N=Cc2cc(C(C)(C)C)cc(C(C)(C)C)c2O)OCCOCCOCCOCCOCCO3)c(O)c(C(C)(C)C)c1. The highest BCUT2D eigenvalue weighted by Crippen LogP contribution is 2.43. The van der Waals surface area contributed by atoms with E-state index in [1.807, 2.05) is 12.1 Å². The molecule has 3 aromatic carbocycles. The van der Waals surface area contributed by atoms with E-state index in [1.54, 1.807) is 24.6 Å². The van der Waals surface area contributed by atoms with E-state index in [-0.39, 0.29) is 46.4 Å². The molecule has 0 spiro atoms. The normalized spacial score (nSPS) is 16.6. The molecular weight excluding hydrogens is 709 g/mol. The Kier molecular flexibility index (Phi) is 15.2. The van der Waals surface area contributed by atoms with Crippen LogP contribution in [0.2, 0.25) is 0 Å². The van der Waals surface area contributed by atoms with Crippen molar-refractivity contribution in [2.45, 2.75) is 105 Å². The Morgan fingerprint density at radius 1 is 0.429 bits per heavy atom. The van der Waals surface area contributed by atoms with Crippen molar-refractivity contribution in [2.75, 3.05) is 66.1 Å². The molecule has 0 radical (unpaired) electrons. The van der Waals surface area contributed by atoms with Crippen molar-refractivity contribution in [3.8, 4) is 23.0 Å². The molecule has 3 aromatic rings. The van der Waals surface area contributed by atoms with Crippen LogP contribution in [0, 0.1) is 0 Å². The van der Waals surface area contributed by atoms with E-state index in [2.05, 4.69) is 95.2 Å². The fourth-order valence-corrected chi connectivity index (χ4v) is 5.95. The molecule has 4 rings (SSSR count). The maximum absolute atomic E-state index is 11.6. The maximum Gasteiger partial charge on any atom is 0.163 e.